The van der Waals surface area contributed by atoms with Gasteiger partial charge in [-0.25, -0.2) is 9.38 Å². The Balaban J connectivity index is 0.00000264. The van der Waals surface area contributed by atoms with Gasteiger partial charge in [0.25, 0.3) is 0 Å². The van der Waals surface area contributed by atoms with Gasteiger partial charge in [0.15, 0.2) is 5.96 Å². The average molecular weight is 445 g/mol. The fraction of sp³-hybridized carbons (Fsp3) is 0.235. The summed E-state index contributed by atoms with van der Waals surface area (Å²) in [4.78, 5) is 4.34. The lowest BCUT2D eigenvalue weighted by Crippen LogP contribution is -2.22. The molecule has 0 saturated heterocycles. The largest absolute Gasteiger partial charge is 0.370 e. The summed E-state index contributed by atoms with van der Waals surface area (Å²) >= 11 is 1.65. The van der Waals surface area contributed by atoms with Crippen LogP contribution in [0.5, 0.6) is 0 Å². The lowest BCUT2D eigenvalue weighted by atomic mass is 10.1. The molecule has 0 unspecified atom stereocenters. The summed E-state index contributed by atoms with van der Waals surface area (Å²) in [5.41, 5.74) is 9.92. The number of nitrogens with two attached hydrogens (primary N) is 1. The van der Waals surface area contributed by atoms with E-state index in [9.17, 15) is 4.39 Å². The molecule has 23 heavy (non-hydrogen) atoms. The lowest BCUT2D eigenvalue weighted by molar-refractivity contribution is 0.625. The van der Waals surface area contributed by atoms with E-state index in [0.29, 0.717) is 12.5 Å². The van der Waals surface area contributed by atoms with E-state index >= 15 is 0 Å². The van der Waals surface area contributed by atoms with Crippen LogP contribution in [-0.4, -0.2) is 12.2 Å². The first kappa shape index (κ1) is 19.8. The standard InChI is InChI=1S/C17H20FN3S.HI/c1-12-4-3-5-16(8-12)21-17(19)20-10-13-6-7-15(18)9-14(13)11-22-2;/h3-9H,10-11H2,1-2H3,(H3,19,20,21);1H. The molecule has 2 rings (SSSR count). The summed E-state index contributed by atoms with van der Waals surface area (Å²) in [7, 11) is 0. The molecule has 0 bridgehead atoms. The first-order valence-electron chi connectivity index (χ1n) is 6.98. The number of hydrogen-bond acceptors (Lipinski definition) is 2. The van der Waals surface area contributed by atoms with Gasteiger partial charge in [0, 0.05) is 11.4 Å². The topological polar surface area (TPSA) is 50.4 Å². The highest BCUT2D eigenvalue weighted by molar-refractivity contribution is 14.0. The van der Waals surface area contributed by atoms with Crippen LogP contribution in [0.25, 0.3) is 0 Å². The van der Waals surface area contributed by atoms with Gasteiger partial charge in [0.2, 0.25) is 0 Å². The van der Waals surface area contributed by atoms with Gasteiger partial charge in [0.05, 0.1) is 6.54 Å². The van der Waals surface area contributed by atoms with Crippen LogP contribution < -0.4 is 11.1 Å². The predicted octanol–water partition coefficient (Wildman–Crippen LogP) is 4.54. The van der Waals surface area contributed by atoms with Gasteiger partial charge in [-0.3, -0.25) is 0 Å². The Hall–Kier alpha value is -1.28. The molecule has 0 aliphatic carbocycles. The SMILES string of the molecule is CSCc1cc(F)ccc1CN=C(N)Nc1cccc(C)c1.I. The number of hydrogen-bond donors (Lipinski definition) is 2. The Kier molecular flexibility index (Phi) is 8.40. The summed E-state index contributed by atoms with van der Waals surface area (Å²) < 4.78 is 13.3. The molecule has 3 N–H and O–H groups in total. The quantitative estimate of drug-likeness (QED) is 0.404. The molecule has 2 aromatic carbocycles. The summed E-state index contributed by atoms with van der Waals surface area (Å²) in [5, 5.41) is 3.06. The molecule has 124 valence electrons. The highest BCUT2D eigenvalue weighted by Crippen LogP contribution is 2.17. The minimum absolute atomic E-state index is 0. The highest BCUT2D eigenvalue weighted by Gasteiger charge is 2.04. The van der Waals surface area contributed by atoms with E-state index < -0.39 is 0 Å². The van der Waals surface area contributed by atoms with Crippen molar-refractivity contribution < 1.29 is 4.39 Å². The zero-order valence-corrected chi connectivity index (χ0v) is 16.3. The Morgan fingerprint density at radius 1 is 1.22 bits per heavy atom. The molecular weight excluding hydrogens is 424 g/mol. The Morgan fingerprint density at radius 3 is 2.70 bits per heavy atom. The van der Waals surface area contributed by atoms with Crippen molar-refractivity contribution in [2.24, 2.45) is 10.7 Å². The molecule has 0 radical (unpaired) electrons. The van der Waals surface area contributed by atoms with E-state index in [4.69, 9.17) is 5.73 Å². The number of thioether (sulfide) groups is 1. The predicted molar refractivity (Wildman–Crippen MR) is 109 cm³/mol. The molecule has 0 heterocycles. The third-order valence-electron chi connectivity index (χ3n) is 3.18. The van der Waals surface area contributed by atoms with Crippen LogP contribution in [0.2, 0.25) is 0 Å². The van der Waals surface area contributed by atoms with Crippen molar-refractivity contribution in [3.63, 3.8) is 0 Å². The monoisotopic (exact) mass is 445 g/mol. The van der Waals surface area contributed by atoms with Gasteiger partial charge in [-0.2, -0.15) is 11.8 Å². The third-order valence-corrected chi connectivity index (χ3v) is 3.78. The van der Waals surface area contributed by atoms with Crippen molar-refractivity contribution in [2.45, 2.75) is 19.2 Å². The second kappa shape index (κ2) is 9.77. The van der Waals surface area contributed by atoms with E-state index in [1.54, 1.807) is 23.9 Å². The first-order valence-corrected chi connectivity index (χ1v) is 8.37. The van der Waals surface area contributed by atoms with Crippen LogP contribution in [0.15, 0.2) is 47.5 Å². The molecule has 0 fully saturated rings. The van der Waals surface area contributed by atoms with Crippen molar-refractivity contribution in [3.8, 4) is 0 Å². The molecule has 0 aliphatic rings. The minimum Gasteiger partial charge on any atom is -0.370 e. The van der Waals surface area contributed by atoms with E-state index in [1.165, 1.54) is 6.07 Å². The second-order valence-electron chi connectivity index (χ2n) is 5.04. The van der Waals surface area contributed by atoms with Crippen molar-refractivity contribution in [1.29, 1.82) is 0 Å². The fourth-order valence-corrected chi connectivity index (χ4v) is 2.70. The molecular formula is C17H21FIN3S. The van der Waals surface area contributed by atoms with Gasteiger partial charge < -0.3 is 11.1 Å². The lowest BCUT2D eigenvalue weighted by Gasteiger charge is -2.09. The molecule has 0 spiro atoms. The van der Waals surface area contributed by atoms with E-state index in [0.717, 1.165) is 28.1 Å². The normalized spacial score (nSPS) is 11.0. The number of aryl methyl sites for hydroxylation is 1. The van der Waals surface area contributed by atoms with Crippen molar-refractivity contribution in [1.82, 2.24) is 0 Å². The summed E-state index contributed by atoms with van der Waals surface area (Å²) in [6.07, 6.45) is 1.99. The molecule has 0 aromatic heterocycles. The fourth-order valence-electron chi connectivity index (χ4n) is 2.12. The van der Waals surface area contributed by atoms with E-state index in [2.05, 4.69) is 10.3 Å². The maximum absolute atomic E-state index is 13.3. The van der Waals surface area contributed by atoms with Gasteiger partial charge in [0.1, 0.15) is 5.82 Å². The van der Waals surface area contributed by atoms with Crippen LogP contribution in [0.1, 0.15) is 16.7 Å². The van der Waals surface area contributed by atoms with E-state index in [1.807, 2.05) is 37.4 Å². The second-order valence-corrected chi connectivity index (χ2v) is 5.91. The molecule has 0 amide bonds. The zero-order valence-electron chi connectivity index (χ0n) is 13.2. The molecule has 0 aliphatic heterocycles. The maximum Gasteiger partial charge on any atom is 0.193 e. The van der Waals surface area contributed by atoms with Gasteiger partial charge >= 0.3 is 0 Å². The summed E-state index contributed by atoms with van der Waals surface area (Å²) in [6.45, 7) is 2.45. The summed E-state index contributed by atoms with van der Waals surface area (Å²) in [5.74, 6) is 0.890. The van der Waals surface area contributed by atoms with Crippen LogP contribution in [0.3, 0.4) is 0 Å². The Morgan fingerprint density at radius 2 is 2.00 bits per heavy atom. The number of anilines is 1. The van der Waals surface area contributed by atoms with Crippen LogP contribution >= 0.6 is 35.7 Å². The Bertz CT molecular complexity index is 677. The van der Waals surface area contributed by atoms with Crippen molar-refractivity contribution in [3.05, 3.63) is 65.0 Å². The maximum atomic E-state index is 13.3. The zero-order chi connectivity index (χ0) is 15.9. The smallest absolute Gasteiger partial charge is 0.193 e. The molecule has 2 aromatic rings. The number of aliphatic imine (C=N–C) groups is 1. The van der Waals surface area contributed by atoms with Crippen molar-refractivity contribution >= 4 is 47.4 Å². The first-order chi connectivity index (χ1) is 10.6. The van der Waals surface area contributed by atoms with Crippen molar-refractivity contribution in [2.75, 3.05) is 11.6 Å². The summed E-state index contributed by atoms with van der Waals surface area (Å²) in [6, 6.07) is 12.7. The molecule has 6 heteroatoms. The molecule has 0 saturated carbocycles. The molecule has 0 atom stereocenters. The number of benzene rings is 2. The van der Waals surface area contributed by atoms with Crippen LogP contribution in [0.4, 0.5) is 10.1 Å². The van der Waals surface area contributed by atoms with Gasteiger partial charge in [-0.15, -0.1) is 24.0 Å². The number of rotatable bonds is 5. The number of nitrogens with one attached hydrogen (secondary N) is 1. The van der Waals surface area contributed by atoms with Crippen LogP contribution in [-0.2, 0) is 12.3 Å². The number of guanidine groups is 1. The Labute approximate surface area is 158 Å². The van der Waals surface area contributed by atoms with E-state index in [-0.39, 0.29) is 29.8 Å². The van der Waals surface area contributed by atoms with Crippen LogP contribution in [0, 0.1) is 12.7 Å². The third kappa shape index (κ3) is 6.39. The average Bonchev–Trinajstić information content (AvgIpc) is 2.47. The van der Waals surface area contributed by atoms with Gasteiger partial charge in [-0.05, 0) is 54.1 Å². The number of nitrogens with zero attached hydrogens (tertiary/aromatic N) is 1. The van der Waals surface area contributed by atoms with Gasteiger partial charge in [-0.1, -0.05) is 18.2 Å². The number of halogens is 2. The molecule has 3 nitrogen and oxygen atoms in total. The highest BCUT2D eigenvalue weighted by atomic mass is 127. The minimum atomic E-state index is -0.220.